The minimum Gasteiger partial charge on any atom is -0.307 e. The molecule has 120 valence electrons. The summed E-state index contributed by atoms with van der Waals surface area (Å²) in [6.45, 7) is 6.81. The topological polar surface area (TPSA) is 37.3 Å². The molecule has 0 fully saturated rings. The summed E-state index contributed by atoms with van der Waals surface area (Å²) in [6, 6.07) is 15.7. The summed E-state index contributed by atoms with van der Waals surface area (Å²) in [6.07, 6.45) is 0. The van der Waals surface area contributed by atoms with Crippen LogP contribution in [-0.2, 0) is 6.54 Å². The number of thiophene rings is 1. The normalized spacial score (nSPS) is 13.0. The fraction of sp³-hybridized carbons (Fsp3) is 0.105. The van der Waals surface area contributed by atoms with E-state index in [0.717, 1.165) is 33.2 Å². The summed E-state index contributed by atoms with van der Waals surface area (Å²) in [5.41, 5.74) is 7.88. The molecule has 2 aromatic heterocycles. The van der Waals surface area contributed by atoms with E-state index >= 15 is 0 Å². The summed E-state index contributed by atoms with van der Waals surface area (Å²) < 4.78 is 1.81. The highest BCUT2D eigenvalue weighted by Crippen LogP contribution is 2.37. The number of hydrogen-bond acceptors (Lipinski definition) is 4. The van der Waals surface area contributed by atoms with Crippen LogP contribution in [0.2, 0.25) is 0 Å². The number of hydrogen-bond donors (Lipinski definition) is 1. The van der Waals surface area contributed by atoms with Gasteiger partial charge in [0.05, 0.1) is 23.6 Å². The fourth-order valence-corrected chi connectivity index (χ4v) is 3.77. The van der Waals surface area contributed by atoms with Crippen molar-refractivity contribution in [3.8, 4) is 0 Å². The maximum atomic E-state index is 12.6. The lowest BCUT2D eigenvalue weighted by atomic mass is 10.1. The van der Waals surface area contributed by atoms with E-state index in [4.69, 9.17) is 0 Å². The third kappa shape index (κ3) is 2.34. The van der Waals surface area contributed by atoms with E-state index in [1.807, 2.05) is 64.3 Å². The predicted molar refractivity (Wildman–Crippen MR) is 100 cm³/mol. The Bertz CT molecular complexity index is 958. The first kappa shape index (κ1) is 14.8. The molecule has 3 aromatic rings. The smallest absolute Gasteiger partial charge is 0.253 e. The van der Waals surface area contributed by atoms with Gasteiger partial charge >= 0.3 is 0 Å². The Morgan fingerprint density at radius 2 is 1.96 bits per heavy atom. The van der Waals surface area contributed by atoms with Gasteiger partial charge < -0.3 is 4.57 Å². The highest BCUT2D eigenvalue weighted by molar-refractivity contribution is 7.09. The van der Waals surface area contributed by atoms with Crippen molar-refractivity contribution >= 4 is 28.4 Å². The van der Waals surface area contributed by atoms with Crippen LogP contribution in [0.15, 0.2) is 65.3 Å². The minimum atomic E-state index is -0.00476. The number of benzene rings is 1. The Kier molecular flexibility index (Phi) is 3.50. The van der Waals surface area contributed by atoms with Crippen molar-refractivity contribution in [2.24, 2.45) is 0 Å². The van der Waals surface area contributed by atoms with Crippen LogP contribution in [0.3, 0.4) is 0 Å². The monoisotopic (exact) mass is 335 g/mol. The molecule has 0 radical (unpaired) electrons. The Hall–Kier alpha value is -2.79. The molecule has 0 bridgehead atoms. The lowest BCUT2D eigenvalue weighted by molar-refractivity contribution is 0.738. The number of anilines is 2. The summed E-state index contributed by atoms with van der Waals surface area (Å²) in [4.78, 5) is 13.7. The van der Waals surface area contributed by atoms with Gasteiger partial charge in [0.2, 0.25) is 0 Å². The van der Waals surface area contributed by atoms with Gasteiger partial charge in [0.15, 0.2) is 0 Å². The molecule has 0 unspecified atom stereocenters. The maximum absolute atomic E-state index is 12.6. The first-order valence-corrected chi connectivity index (χ1v) is 8.61. The summed E-state index contributed by atoms with van der Waals surface area (Å²) in [7, 11) is 0. The number of nitrogens with one attached hydrogen (secondary N) is 1. The molecule has 4 rings (SSSR count). The molecule has 3 heterocycles. The van der Waals surface area contributed by atoms with Crippen LogP contribution in [0.5, 0.6) is 0 Å². The molecule has 0 saturated heterocycles. The third-order valence-corrected chi connectivity index (χ3v) is 5.13. The van der Waals surface area contributed by atoms with Crippen LogP contribution >= 0.6 is 11.3 Å². The summed E-state index contributed by atoms with van der Waals surface area (Å²) in [5.74, 6) is 0. The molecule has 1 aliphatic rings. The molecule has 1 aliphatic heterocycles. The van der Waals surface area contributed by atoms with Gasteiger partial charge in [-0.05, 0) is 30.5 Å². The zero-order chi connectivity index (χ0) is 16.7. The zero-order valence-electron chi connectivity index (χ0n) is 13.3. The number of nitrogens with zero attached hydrogens (tertiary/aromatic N) is 2. The number of fused-ring (bicyclic) bond motifs is 1. The molecule has 4 nitrogen and oxygen atoms in total. The van der Waals surface area contributed by atoms with Crippen molar-refractivity contribution in [2.45, 2.75) is 13.5 Å². The molecule has 0 amide bonds. The van der Waals surface area contributed by atoms with Crippen molar-refractivity contribution in [1.82, 2.24) is 4.57 Å². The number of rotatable bonds is 3. The van der Waals surface area contributed by atoms with E-state index < -0.39 is 0 Å². The van der Waals surface area contributed by atoms with Gasteiger partial charge in [0.25, 0.3) is 5.56 Å². The molecular formula is C19H17N3OS. The minimum absolute atomic E-state index is 0.00476. The quantitative estimate of drug-likeness (QED) is 0.783. The highest BCUT2D eigenvalue weighted by Gasteiger charge is 2.27. The molecule has 0 spiro atoms. The second-order valence-corrected chi connectivity index (χ2v) is 6.78. The van der Waals surface area contributed by atoms with E-state index in [0.29, 0.717) is 6.54 Å². The van der Waals surface area contributed by atoms with Gasteiger partial charge in [-0.15, -0.1) is 11.3 Å². The van der Waals surface area contributed by atoms with Crippen LogP contribution in [0.25, 0.3) is 5.70 Å². The van der Waals surface area contributed by atoms with Crippen LogP contribution in [0, 0.1) is 6.92 Å². The van der Waals surface area contributed by atoms with Gasteiger partial charge in [-0.3, -0.25) is 15.2 Å². The summed E-state index contributed by atoms with van der Waals surface area (Å²) >= 11 is 1.66. The number of hydrazine groups is 1. The van der Waals surface area contributed by atoms with Crippen LogP contribution in [0.4, 0.5) is 11.4 Å². The van der Waals surface area contributed by atoms with Gasteiger partial charge in [0.1, 0.15) is 0 Å². The number of aromatic nitrogens is 1. The standard InChI is InChI=1S/C19H17N3OS/c1-13-19-14(2)22(15-7-4-3-5-8-15)20-17(19)11-18(23)21(13)12-16-9-6-10-24-16/h3-11,20H,2,12H2,1H3. The van der Waals surface area contributed by atoms with Crippen molar-refractivity contribution < 1.29 is 0 Å². The third-order valence-electron chi connectivity index (χ3n) is 4.27. The first-order valence-electron chi connectivity index (χ1n) is 7.73. The van der Waals surface area contributed by atoms with Crippen molar-refractivity contribution in [1.29, 1.82) is 0 Å². The van der Waals surface area contributed by atoms with Gasteiger partial charge in [-0.25, -0.2) is 0 Å². The van der Waals surface area contributed by atoms with Crippen LogP contribution < -0.4 is 16.0 Å². The molecule has 1 N–H and O–H groups in total. The number of pyridine rings is 1. The Morgan fingerprint density at radius 1 is 1.17 bits per heavy atom. The van der Waals surface area contributed by atoms with E-state index in [9.17, 15) is 4.79 Å². The average molecular weight is 335 g/mol. The molecular weight excluding hydrogens is 318 g/mol. The Balaban J connectivity index is 1.77. The Labute approximate surface area is 144 Å². The zero-order valence-corrected chi connectivity index (χ0v) is 14.1. The predicted octanol–water partition coefficient (Wildman–Crippen LogP) is 4.08. The SMILES string of the molecule is C=C1c2c(cc(=O)n(Cc3cccs3)c2C)NN1c1ccccc1. The van der Waals surface area contributed by atoms with Crippen LogP contribution in [0.1, 0.15) is 16.1 Å². The maximum Gasteiger partial charge on any atom is 0.253 e. The highest BCUT2D eigenvalue weighted by atomic mass is 32.1. The number of para-hydroxylation sites is 1. The Morgan fingerprint density at radius 3 is 2.67 bits per heavy atom. The lowest BCUT2D eigenvalue weighted by Gasteiger charge is -2.19. The average Bonchev–Trinajstić information content (AvgIpc) is 3.20. The van der Waals surface area contributed by atoms with Crippen molar-refractivity contribution in [3.63, 3.8) is 0 Å². The molecule has 0 aliphatic carbocycles. The van der Waals surface area contributed by atoms with Gasteiger partial charge in [-0.1, -0.05) is 30.8 Å². The van der Waals surface area contributed by atoms with E-state index in [2.05, 4.69) is 12.0 Å². The molecule has 0 atom stereocenters. The molecule has 5 heteroatoms. The van der Waals surface area contributed by atoms with E-state index in [1.54, 1.807) is 17.4 Å². The van der Waals surface area contributed by atoms with E-state index in [1.165, 1.54) is 0 Å². The summed E-state index contributed by atoms with van der Waals surface area (Å²) in [5, 5.41) is 3.95. The largest absolute Gasteiger partial charge is 0.307 e. The first-order chi connectivity index (χ1) is 11.6. The van der Waals surface area contributed by atoms with Crippen molar-refractivity contribution in [3.05, 3.63) is 87.0 Å². The second kappa shape index (κ2) is 5.69. The van der Waals surface area contributed by atoms with Crippen molar-refractivity contribution in [2.75, 3.05) is 10.4 Å². The van der Waals surface area contributed by atoms with Crippen LogP contribution in [-0.4, -0.2) is 4.57 Å². The molecule has 1 aromatic carbocycles. The second-order valence-electron chi connectivity index (χ2n) is 5.75. The lowest BCUT2D eigenvalue weighted by Crippen LogP contribution is -2.23. The fourth-order valence-electron chi connectivity index (χ4n) is 3.07. The molecule has 24 heavy (non-hydrogen) atoms. The van der Waals surface area contributed by atoms with E-state index in [-0.39, 0.29) is 5.56 Å². The molecule has 0 saturated carbocycles. The van der Waals surface area contributed by atoms with Gasteiger partial charge in [0, 0.05) is 22.2 Å². The van der Waals surface area contributed by atoms with Gasteiger partial charge in [-0.2, -0.15) is 0 Å².